The van der Waals surface area contributed by atoms with E-state index in [1.165, 1.54) is 45.0 Å². The Kier molecular flexibility index (Phi) is 9.42. The SMILES string of the molecule is CC1=Cc2c(c3ccccnc-3c2N2CCN(C)C(CCc3ccccc3)C2)CS1.O=C(O)CCC(=O)O. The topological polar surface area (TPSA) is 94.0 Å². The summed E-state index contributed by atoms with van der Waals surface area (Å²) >= 11 is 1.95. The Morgan fingerprint density at radius 3 is 2.45 bits per heavy atom. The van der Waals surface area contributed by atoms with Gasteiger partial charge in [0.2, 0.25) is 0 Å². The summed E-state index contributed by atoms with van der Waals surface area (Å²) in [4.78, 5) is 30.7. The van der Waals surface area contributed by atoms with E-state index >= 15 is 0 Å². The summed E-state index contributed by atoms with van der Waals surface area (Å²) in [5.41, 5.74) is 8.14. The molecule has 1 fully saturated rings. The highest BCUT2D eigenvalue weighted by Gasteiger charge is 2.32. The van der Waals surface area contributed by atoms with Crippen LogP contribution in [0.5, 0.6) is 0 Å². The second-order valence-electron chi connectivity index (χ2n) is 9.77. The maximum Gasteiger partial charge on any atom is 0.303 e. The van der Waals surface area contributed by atoms with Gasteiger partial charge in [-0.2, -0.15) is 0 Å². The molecule has 5 rings (SSSR count). The van der Waals surface area contributed by atoms with Crippen LogP contribution in [0.1, 0.15) is 42.9 Å². The number of carboxylic acids is 2. The van der Waals surface area contributed by atoms with Gasteiger partial charge in [0.05, 0.1) is 24.2 Å². The molecule has 3 heterocycles. The largest absolute Gasteiger partial charge is 0.481 e. The average molecular weight is 534 g/mol. The Morgan fingerprint density at radius 2 is 1.74 bits per heavy atom. The third-order valence-electron chi connectivity index (χ3n) is 7.10. The minimum absolute atomic E-state index is 0.296. The fourth-order valence-electron chi connectivity index (χ4n) is 5.03. The number of carboxylic acid groups (broad SMARTS) is 2. The predicted octanol–water partition coefficient (Wildman–Crippen LogP) is 5.48. The molecule has 0 aromatic heterocycles. The third-order valence-corrected chi connectivity index (χ3v) is 8.10. The molecule has 0 spiro atoms. The lowest BCUT2D eigenvalue weighted by atomic mass is 10.0. The van der Waals surface area contributed by atoms with Gasteiger partial charge < -0.3 is 15.1 Å². The predicted molar refractivity (Wildman–Crippen MR) is 154 cm³/mol. The number of carbonyl (C=O) groups is 2. The van der Waals surface area contributed by atoms with Crippen molar-refractivity contribution in [1.29, 1.82) is 0 Å². The van der Waals surface area contributed by atoms with Gasteiger partial charge in [-0.25, -0.2) is 0 Å². The fraction of sp³-hybridized carbons (Fsp3) is 0.367. The molecular formula is C30H35N3O4S. The summed E-state index contributed by atoms with van der Waals surface area (Å²) in [5, 5.41) is 15.8. The lowest BCUT2D eigenvalue weighted by Gasteiger charge is -2.41. The lowest BCUT2D eigenvalue weighted by Crippen LogP contribution is -2.51. The number of aryl methyl sites for hydroxylation is 1. The van der Waals surface area contributed by atoms with Crippen molar-refractivity contribution in [2.24, 2.45) is 0 Å². The lowest BCUT2D eigenvalue weighted by molar-refractivity contribution is -0.143. The number of benzene rings is 1. The Morgan fingerprint density at radius 1 is 1.03 bits per heavy atom. The van der Waals surface area contributed by atoms with E-state index < -0.39 is 11.9 Å². The molecule has 4 aliphatic rings. The molecule has 8 heteroatoms. The van der Waals surface area contributed by atoms with Crippen LogP contribution in [-0.2, 0) is 21.8 Å². The first-order valence-electron chi connectivity index (χ1n) is 13.0. The van der Waals surface area contributed by atoms with E-state index in [9.17, 15) is 9.59 Å². The van der Waals surface area contributed by atoms with E-state index in [4.69, 9.17) is 15.2 Å². The van der Waals surface area contributed by atoms with Gasteiger partial charge in [0.1, 0.15) is 0 Å². The first-order chi connectivity index (χ1) is 18.3. The summed E-state index contributed by atoms with van der Waals surface area (Å²) in [5.74, 6) is -1.11. The highest BCUT2D eigenvalue weighted by Crippen LogP contribution is 2.48. The minimum atomic E-state index is -1.08. The molecule has 0 amide bonds. The molecule has 0 saturated carbocycles. The van der Waals surface area contributed by atoms with Gasteiger partial charge >= 0.3 is 11.9 Å². The van der Waals surface area contributed by atoms with Gasteiger partial charge in [-0.05, 0) is 55.0 Å². The summed E-state index contributed by atoms with van der Waals surface area (Å²) < 4.78 is 0. The van der Waals surface area contributed by atoms with Crippen molar-refractivity contribution in [3.05, 3.63) is 76.3 Å². The monoisotopic (exact) mass is 533 g/mol. The molecule has 0 bridgehead atoms. The first-order valence-corrected chi connectivity index (χ1v) is 14.0. The van der Waals surface area contributed by atoms with Gasteiger partial charge in [0.15, 0.2) is 0 Å². The quantitative estimate of drug-likeness (QED) is 0.412. The molecule has 3 aliphatic heterocycles. The van der Waals surface area contributed by atoms with E-state index in [1.807, 2.05) is 24.0 Å². The molecule has 38 heavy (non-hydrogen) atoms. The van der Waals surface area contributed by atoms with Crippen molar-refractivity contribution in [3.63, 3.8) is 0 Å². The minimum Gasteiger partial charge on any atom is -0.481 e. The number of allylic oxidation sites excluding steroid dienone is 1. The zero-order valence-corrected chi connectivity index (χ0v) is 22.8. The number of hydrogen-bond donors (Lipinski definition) is 2. The number of fused-ring (bicyclic) bond motifs is 3. The molecule has 1 saturated heterocycles. The van der Waals surface area contributed by atoms with Gasteiger partial charge in [0.25, 0.3) is 0 Å². The van der Waals surface area contributed by atoms with Crippen molar-refractivity contribution in [3.8, 4) is 11.3 Å². The van der Waals surface area contributed by atoms with Crippen LogP contribution in [0.4, 0.5) is 5.69 Å². The van der Waals surface area contributed by atoms with Gasteiger partial charge in [-0.3, -0.25) is 19.5 Å². The van der Waals surface area contributed by atoms with Crippen LogP contribution in [0.25, 0.3) is 17.3 Å². The maximum atomic E-state index is 9.64. The third kappa shape index (κ3) is 6.94. The standard InChI is InChI=1S/C26H29N3S.C4H6O4/c1-19-16-23-24(18-30-19)22-10-6-7-13-27-25(22)26(23)29-15-14-28(2)21(17-29)12-11-20-8-4-3-5-9-20;5-3(6)1-2-4(7)8/h3-10,13,16,21H,11-12,14-15,17-18H2,1-2H3;1-2H2,(H,5,6)(H,7,8). The number of piperazine rings is 1. The second kappa shape index (κ2) is 12.9. The maximum absolute atomic E-state index is 9.64. The summed E-state index contributed by atoms with van der Waals surface area (Å²) in [6, 6.07) is 17.9. The van der Waals surface area contributed by atoms with Gasteiger partial charge in [0, 0.05) is 48.8 Å². The van der Waals surface area contributed by atoms with Crippen molar-refractivity contribution in [1.82, 2.24) is 9.88 Å². The number of hydrogen-bond acceptors (Lipinski definition) is 6. The normalized spacial score (nSPS) is 17.3. The van der Waals surface area contributed by atoms with Gasteiger partial charge in [-0.15, -0.1) is 11.8 Å². The second-order valence-corrected chi connectivity index (χ2v) is 11.0. The number of likely N-dealkylation sites (N-methyl/N-ethyl adjacent to an activating group) is 1. The number of aliphatic carboxylic acids is 2. The van der Waals surface area contributed by atoms with Crippen LogP contribution >= 0.6 is 11.8 Å². The Balaban J connectivity index is 0.000000368. The number of nitrogens with zero attached hydrogens (tertiary/aromatic N) is 3. The zero-order valence-electron chi connectivity index (χ0n) is 22.0. The molecule has 1 aromatic carbocycles. The van der Waals surface area contributed by atoms with E-state index in [-0.39, 0.29) is 12.8 Å². The highest BCUT2D eigenvalue weighted by atomic mass is 32.2. The van der Waals surface area contributed by atoms with E-state index in [0.717, 1.165) is 31.8 Å². The summed E-state index contributed by atoms with van der Waals surface area (Å²) in [6.07, 6.45) is 6.06. The van der Waals surface area contributed by atoms with Crippen molar-refractivity contribution in [2.45, 2.75) is 44.4 Å². The van der Waals surface area contributed by atoms with Crippen LogP contribution in [0.2, 0.25) is 0 Å². The van der Waals surface area contributed by atoms with Crippen LogP contribution in [-0.4, -0.2) is 64.8 Å². The molecule has 0 radical (unpaired) electrons. The van der Waals surface area contributed by atoms with Crippen molar-refractivity contribution in [2.75, 3.05) is 31.6 Å². The van der Waals surface area contributed by atoms with Crippen molar-refractivity contribution < 1.29 is 19.8 Å². The van der Waals surface area contributed by atoms with Gasteiger partial charge in [-0.1, -0.05) is 42.5 Å². The molecule has 1 unspecified atom stereocenters. The number of anilines is 1. The zero-order chi connectivity index (χ0) is 27.1. The van der Waals surface area contributed by atoms with Crippen LogP contribution in [0.15, 0.2) is 59.6 Å². The molecule has 1 aliphatic carbocycles. The smallest absolute Gasteiger partial charge is 0.303 e. The Hall–Kier alpha value is -3.36. The summed E-state index contributed by atoms with van der Waals surface area (Å²) in [6.45, 7) is 5.45. The van der Waals surface area contributed by atoms with Crippen LogP contribution in [0, 0.1) is 0 Å². The van der Waals surface area contributed by atoms with E-state index in [2.05, 4.69) is 72.3 Å². The molecule has 1 atom stereocenters. The molecule has 200 valence electrons. The number of aromatic nitrogens is 1. The van der Waals surface area contributed by atoms with Crippen LogP contribution in [0.3, 0.4) is 0 Å². The molecule has 7 nitrogen and oxygen atoms in total. The molecular weight excluding hydrogens is 498 g/mol. The van der Waals surface area contributed by atoms with Crippen LogP contribution < -0.4 is 4.90 Å². The molecule has 2 N–H and O–H groups in total. The number of rotatable bonds is 7. The average Bonchev–Trinajstić information content (AvgIpc) is 3.02. The van der Waals surface area contributed by atoms with Crippen molar-refractivity contribution >= 4 is 35.5 Å². The van der Waals surface area contributed by atoms with E-state index in [0.29, 0.717) is 6.04 Å². The Bertz CT molecular complexity index is 1250. The molecule has 1 aromatic rings. The summed E-state index contributed by atoms with van der Waals surface area (Å²) in [7, 11) is 2.28. The fourth-order valence-corrected chi connectivity index (χ4v) is 5.91. The Labute approximate surface area is 228 Å². The number of thioether (sulfide) groups is 1. The highest BCUT2D eigenvalue weighted by molar-refractivity contribution is 8.02. The first kappa shape index (κ1) is 27.7. The van der Waals surface area contributed by atoms with E-state index in [1.54, 1.807) is 0 Å².